The number of piperidine rings is 1. The number of hydrogen-bond donors (Lipinski definition) is 3. The molecule has 0 radical (unpaired) electrons. The predicted octanol–water partition coefficient (Wildman–Crippen LogP) is 3.82. The van der Waals surface area contributed by atoms with Gasteiger partial charge in [0.1, 0.15) is 24.9 Å². The fourth-order valence-electron chi connectivity index (χ4n) is 5.27. The SMILES string of the molecule is CC(=O)[N+]1(NC(=O)c2ccc(OCc3cc(C)nc4ccccc34)cc2)CCCC(CC(=O)NO)C1C. The molecule has 1 aliphatic heterocycles. The molecule has 9 heteroatoms. The number of hydroxylamine groups is 1. The smallest absolute Gasteiger partial charge is 0.335 e. The average molecular weight is 506 g/mol. The summed E-state index contributed by atoms with van der Waals surface area (Å²) in [7, 11) is 0. The number of rotatable bonds is 6. The van der Waals surface area contributed by atoms with Crippen LogP contribution in [0.1, 0.15) is 54.7 Å². The van der Waals surface area contributed by atoms with Crippen LogP contribution in [0, 0.1) is 12.8 Å². The summed E-state index contributed by atoms with van der Waals surface area (Å²) in [5.74, 6) is -0.621. The highest BCUT2D eigenvalue weighted by Crippen LogP contribution is 2.32. The number of nitrogens with zero attached hydrogens (tertiary/aromatic N) is 2. The van der Waals surface area contributed by atoms with Gasteiger partial charge in [0.05, 0.1) is 12.4 Å². The van der Waals surface area contributed by atoms with Gasteiger partial charge in [-0.15, -0.1) is 0 Å². The van der Waals surface area contributed by atoms with E-state index in [1.165, 1.54) is 6.92 Å². The molecule has 3 unspecified atom stereocenters. The Morgan fingerprint density at radius 1 is 1.14 bits per heavy atom. The van der Waals surface area contributed by atoms with Crippen LogP contribution in [0.3, 0.4) is 0 Å². The number of para-hydroxylation sites is 1. The summed E-state index contributed by atoms with van der Waals surface area (Å²) in [4.78, 5) is 42.3. The van der Waals surface area contributed by atoms with E-state index in [1.807, 2.05) is 44.2 Å². The number of carbonyl (C=O) groups excluding carboxylic acids is 3. The second-order valence-corrected chi connectivity index (χ2v) is 9.69. The summed E-state index contributed by atoms with van der Waals surface area (Å²) in [6.07, 6.45) is 1.48. The fourth-order valence-corrected chi connectivity index (χ4v) is 5.27. The molecule has 37 heavy (non-hydrogen) atoms. The largest absolute Gasteiger partial charge is 0.489 e. The van der Waals surface area contributed by atoms with Gasteiger partial charge in [-0.3, -0.25) is 19.8 Å². The van der Waals surface area contributed by atoms with E-state index >= 15 is 0 Å². The predicted molar refractivity (Wildman–Crippen MR) is 137 cm³/mol. The van der Waals surface area contributed by atoms with Crippen molar-refractivity contribution in [2.24, 2.45) is 5.92 Å². The first-order chi connectivity index (χ1) is 17.7. The Morgan fingerprint density at radius 2 is 1.86 bits per heavy atom. The third kappa shape index (κ3) is 5.63. The molecule has 3 amide bonds. The van der Waals surface area contributed by atoms with Crippen molar-refractivity contribution < 1.29 is 28.9 Å². The summed E-state index contributed by atoms with van der Waals surface area (Å²) in [6.45, 7) is 6.07. The number of amides is 3. The number of ether oxygens (including phenoxy) is 1. The Bertz CT molecular complexity index is 1310. The maximum Gasteiger partial charge on any atom is 0.335 e. The summed E-state index contributed by atoms with van der Waals surface area (Å²) in [6, 6.07) is 16.4. The van der Waals surface area contributed by atoms with Gasteiger partial charge in [-0.1, -0.05) is 18.2 Å². The first kappa shape index (κ1) is 26.2. The van der Waals surface area contributed by atoms with Gasteiger partial charge in [-0.2, -0.15) is 10.0 Å². The van der Waals surface area contributed by atoms with E-state index < -0.39 is 5.91 Å². The fraction of sp³-hybridized carbons (Fsp3) is 0.357. The molecular weight excluding hydrogens is 472 g/mol. The molecule has 1 fully saturated rings. The number of aromatic nitrogens is 1. The minimum absolute atomic E-state index is 0.0825. The lowest BCUT2D eigenvalue weighted by molar-refractivity contribution is -0.919. The first-order valence-electron chi connectivity index (χ1n) is 12.5. The topological polar surface area (TPSA) is 118 Å². The van der Waals surface area contributed by atoms with Gasteiger partial charge in [0, 0.05) is 34.5 Å². The zero-order chi connectivity index (χ0) is 26.6. The molecule has 3 aromatic rings. The quantitative estimate of drug-likeness (QED) is 0.266. The van der Waals surface area contributed by atoms with E-state index in [2.05, 4.69) is 10.4 Å². The van der Waals surface area contributed by atoms with Crippen molar-refractivity contribution in [2.45, 2.75) is 52.7 Å². The maximum absolute atomic E-state index is 13.2. The van der Waals surface area contributed by atoms with Crippen LogP contribution in [0.4, 0.5) is 0 Å². The Balaban J connectivity index is 1.45. The molecule has 2 heterocycles. The zero-order valence-electron chi connectivity index (χ0n) is 21.4. The Morgan fingerprint density at radius 3 is 2.57 bits per heavy atom. The van der Waals surface area contributed by atoms with E-state index in [0.29, 0.717) is 30.9 Å². The number of quaternary nitrogens is 1. The lowest BCUT2D eigenvalue weighted by Crippen LogP contribution is -2.71. The number of aryl methyl sites for hydroxylation is 1. The van der Waals surface area contributed by atoms with Crippen molar-refractivity contribution >= 4 is 28.6 Å². The second-order valence-electron chi connectivity index (χ2n) is 9.69. The van der Waals surface area contributed by atoms with Crippen molar-refractivity contribution in [3.8, 4) is 5.75 Å². The molecule has 0 saturated carbocycles. The molecule has 3 N–H and O–H groups in total. The molecule has 1 saturated heterocycles. The van der Waals surface area contributed by atoms with Gasteiger partial charge in [0.2, 0.25) is 5.91 Å². The highest BCUT2D eigenvalue weighted by molar-refractivity contribution is 5.94. The summed E-state index contributed by atoms with van der Waals surface area (Å²) in [5.41, 5.74) is 7.85. The number of benzene rings is 2. The van der Waals surface area contributed by atoms with Crippen LogP contribution < -0.4 is 15.6 Å². The number of carbonyl (C=O) groups is 3. The number of fused-ring (bicyclic) bond motifs is 1. The maximum atomic E-state index is 13.2. The molecule has 0 spiro atoms. The van der Waals surface area contributed by atoms with Crippen molar-refractivity contribution in [1.29, 1.82) is 0 Å². The Hall–Kier alpha value is -3.82. The highest BCUT2D eigenvalue weighted by Gasteiger charge is 2.48. The van der Waals surface area contributed by atoms with Crippen LogP contribution in [0.25, 0.3) is 10.9 Å². The lowest BCUT2D eigenvalue weighted by atomic mass is 9.86. The molecule has 1 aromatic heterocycles. The third-order valence-electron chi connectivity index (χ3n) is 7.34. The van der Waals surface area contributed by atoms with Gasteiger partial charge in [0.25, 0.3) is 5.91 Å². The van der Waals surface area contributed by atoms with Crippen LogP contribution in [0.15, 0.2) is 54.6 Å². The van der Waals surface area contributed by atoms with Crippen LogP contribution in [0.2, 0.25) is 0 Å². The molecule has 9 nitrogen and oxygen atoms in total. The van der Waals surface area contributed by atoms with E-state index in [4.69, 9.17) is 9.94 Å². The van der Waals surface area contributed by atoms with Gasteiger partial charge in [-0.25, -0.2) is 10.3 Å². The van der Waals surface area contributed by atoms with E-state index in [1.54, 1.807) is 29.7 Å². The minimum Gasteiger partial charge on any atom is -0.489 e. The van der Waals surface area contributed by atoms with Crippen LogP contribution >= 0.6 is 0 Å². The van der Waals surface area contributed by atoms with Crippen LogP contribution in [-0.4, -0.2) is 45.1 Å². The summed E-state index contributed by atoms with van der Waals surface area (Å²) in [5, 5.41) is 9.95. The number of hydrogen-bond acceptors (Lipinski definition) is 6. The number of likely N-dealkylation sites (tertiary alicyclic amines) is 1. The molecule has 194 valence electrons. The lowest BCUT2D eigenvalue weighted by Gasteiger charge is -2.45. The van der Waals surface area contributed by atoms with Gasteiger partial charge in [0.15, 0.2) is 0 Å². The summed E-state index contributed by atoms with van der Waals surface area (Å²) >= 11 is 0. The number of nitrogens with one attached hydrogen (secondary N) is 2. The second kappa shape index (κ2) is 11.1. The highest BCUT2D eigenvalue weighted by atomic mass is 16.5. The summed E-state index contributed by atoms with van der Waals surface area (Å²) < 4.78 is 5.76. The van der Waals surface area contributed by atoms with Crippen LogP contribution in [0.5, 0.6) is 5.75 Å². The molecule has 2 aromatic carbocycles. The standard InChI is InChI=1S/C28H32N4O5/c1-18-15-23(25-8-4-5-9-26(25)29-18)17-37-24-12-10-21(11-13-24)28(35)30-32(20(3)33)14-6-7-22(19(32)2)16-27(34)31-36/h4-5,8-13,15,19,22H,6-7,14,16-17H2,1-3H3,(H2-,30,31,34,35,36)/p+1. The molecule has 3 atom stereocenters. The third-order valence-corrected chi connectivity index (χ3v) is 7.34. The Labute approximate surface area is 216 Å². The van der Waals surface area contributed by atoms with Crippen molar-refractivity contribution in [2.75, 3.05) is 6.54 Å². The van der Waals surface area contributed by atoms with Gasteiger partial charge < -0.3 is 4.74 Å². The van der Waals surface area contributed by atoms with Gasteiger partial charge in [-0.05, 0) is 63.1 Å². The normalized spacial score (nSPS) is 21.3. The van der Waals surface area contributed by atoms with Crippen molar-refractivity contribution in [3.63, 3.8) is 0 Å². The monoisotopic (exact) mass is 505 g/mol. The first-order valence-corrected chi connectivity index (χ1v) is 12.5. The average Bonchev–Trinajstić information content (AvgIpc) is 2.89. The van der Waals surface area contributed by atoms with Gasteiger partial charge >= 0.3 is 5.91 Å². The van der Waals surface area contributed by atoms with Crippen molar-refractivity contribution in [3.05, 3.63) is 71.4 Å². The molecule has 0 bridgehead atoms. The molecule has 1 aliphatic rings. The van der Waals surface area contributed by atoms with Crippen LogP contribution in [-0.2, 0) is 16.2 Å². The number of pyridine rings is 1. The zero-order valence-corrected chi connectivity index (χ0v) is 21.4. The molecular formula is C28H33N4O5+. The molecule has 0 aliphatic carbocycles. The van der Waals surface area contributed by atoms with E-state index in [-0.39, 0.29) is 34.8 Å². The minimum atomic E-state index is -0.503. The van der Waals surface area contributed by atoms with E-state index in [0.717, 1.165) is 28.6 Å². The Kier molecular flexibility index (Phi) is 7.85. The van der Waals surface area contributed by atoms with Crippen molar-refractivity contribution in [1.82, 2.24) is 15.9 Å². The molecule has 4 rings (SSSR count). The van der Waals surface area contributed by atoms with E-state index in [9.17, 15) is 14.4 Å².